The molecule has 6 rings (SSSR count). The Bertz CT molecular complexity index is 2290. The first-order valence-corrected chi connectivity index (χ1v) is 17.3. The number of benzene rings is 4. The van der Waals surface area contributed by atoms with E-state index in [0.717, 1.165) is 12.2 Å². The normalized spacial score (nSPS) is 15.3. The second-order valence-corrected chi connectivity index (χ2v) is 13.4. The van der Waals surface area contributed by atoms with Crippen LogP contribution in [0.3, 0.4) is 0 Å². The number of methoxy groups -OCH3 is 2. The monoisotopic (exact) mass is 758 g/mol. The Morgan fingerprint density at radius 2 is 0.904 bits per heavy atom. The van der Waals surface area contributed by atoms with E-state index in [1.54, 1.807) is 48.5 Å². The number of nitrogens with one attached hydrogen (secondary N) is 2. The maximum absolute atomic E-state index is 13.0. The molecule has 0 heterocycles. The molecule has 4 aromatic carbocycles. The van der Waals surface area contributed by atoms with Gasteiger partial charge in [0.1, 0.15) is 43.2 Å². The average molecular weight is 759 g/mol. The first kappa shape index (κ1) is 40.8. The van der Waals surface area contributed by atoms with Crippen LogP contribution >= 0.6 is 0 Å². The van der Waals surface area contributed by atoms with Gasteiger partial charge in [-0.2, -0.15) is 10.2 Å². The molecule has 0 fully saturated rings. The maximum Gasteiger partial charge on any atom is 1.00 e. The molecule has 0 aliphatic heterocycles. The van der Waals surface area contributed by atoms with E-state index in [1.807, 2.05) is 0 Å². The third-order valence-corrected chi connectivity index (χ3v) is 9.50. The second kappa shape index (κ2) is 16.4. The molecule has 14 nitrogen and oxygen atoms in total. The van der Waals surface area contributed by atoms with Crippen LogP contribution in [-0.2, 0) is 20.2 Å². The van der Waals surface area contributed by atoms with Crippen molar-refractivity contribution in [2.75, 3.05) is 25.1 Å². The Balaban J connectivity index is 0.00000302. The number of hydrazone groups is 2. The molecule has 2 aliphatic carbocycles. The summed E-state index contributed by atoms with van der Waals surface area (Å²) in [6.07, 6.45) is 1.86. The van der Waals surface area contributed by atoms with Crippen molar-refractivity contribution in [2.45, 2.75) is 0 Å². The zero-order valence-corrected chi connectivity index (χ0v) is 33.7. The molecular weight excluding hydrogens is 735 g/mol. The van der Waals surface area contributed by atoms with E-state index in [4.69, 9.17) is 9.47 Å². The minimum Gasteiger partial charge on any atom is -0.744 e. The Morgan fingerprint density at radius 1 is 0.558 bits per heavy atom. The van der Waals surface area contributed by atoms with Crippen molar-refractivity contribution in [3.05, 3.63) is 119 Å². The Morgan fingerprint density at radius 3 is 1.23 bits per heavy atom. The van der Waals surface area contributed by atoms with Crippen LogP contribution in [0.5, 0.6) is 11.5 Å². The third kappa shape index (κ3) is 8.31. The molecule has 0 atom stereocenters. The van der Waals surface area contributed by atoms with Gasteiger partial charge < -0.3 is 18.6 Å². The summed E-state index contributed by atoms with van der Waals surface area (Å²) in [6, 6.07) is 21.7. The van der Waals surface area contributed by atoms with Gasteiger partial charge in [0, 0.05) is 22.3 Å². The molecule has 52 heavy (non-hydrogen) atoms. The zero-order chi connectivity index (χ0) is 35.8. The van der Waals surface area contributed by atoms with E-state index >= 15 is 0 Å². The van der Waals surface area contributed by atoms with Crippen molar-refractivity contribution in [1.82, 2.24) is 0 Å². The number of ether oxygens (including phenoxy) is 2. The van der Waals surface area contributed by atoms with E-state index in [-0.39, 0.29) is 92.8 Å². The minimum atomic E-state index is -4.91. The van der Waals surface area contributed by atoms with Crippen molar-refractivity contribution in [2.24, 2.45) is 10.2 Å². The quantitative estimate of drug-likeness (QED) is 0.113. The number of ketones is 2. The molecule has 2 N–H and O–H groups in total. The molecule has 0 radical (unpaired) electrons. The largest absolute Gasteiger partial charge is 1.00 e. The van der Waals surface area contributed by atoms with Gasteiger partial charge in [0.15, 0.2) is 0 Å². The van der Waals surface area contributed by atoms with E-state index in [2.05, 4.69) is 21.1 Å². The van der Waals surface area contributed by atoms with Crippen LogP contribution in [0.4, 0.5) is 11.4 Å². The molecule has 254 valence electrons. The van der Waals surface area contributed by atoms with Crippen LogP contribution in [0.2, 0.25) is 0 Å². The van der Waals surface area contributed by atoms with E-state index in [9.17, 15) is 35.5 Å². The van der Waals surface area contributed by atoms with Crippen molar-refractivity contribution >= 4 is 64.4 Å². The van der Waals surface area contributed by atoms with Gasteiger partial charge in [0.2, 0.25) is 11.6 Å². The van der Waals surface area contributed by atoms with Crippen molar-refractivity contribution in [3.63, 3.8) is 0 Å². The fourth-order valence-corrected chi connectivity index (χ4v) is 6.76. The number of nitrogens with zero attached hydrogens (tertiary/aromatic N) is 2. The van der Waals surface area contributed by atoms with Crippen LogP contribution in [0.15, 0.2) is 107 Å². The second-order valence-electron chi connectivity index (χ2n) is 10.7. The van der Waals surface area contributed by atoms with Crippen molar-refractivity contribution in [1.29, 1.82) is 0 Å². The van der Waals surface area contributed by atoms with Crippen LogP contribution in [-0.4, -0.2) is 63.2 Å². The molecule has 0 saturated carbocycles. The number of rotatable bonds is 9. The van der Waals surface area contributed by atoms with Crippen LogP contribution in [0.25, 0.3) is 20.9 Å². The standard InChI is InChI=1S/C34H26N4O10S2.2Na/c1-47-29-15-19(11-13-25(29)35-37-27-17-31(49(41,42)43)21-7-3-5-9-23(21)33(27)39)20-12-14-26(30(16-20)48-2)36-38-28-18-32(50(44,45)46)22-8-4-6-10-24(22)34(28)40;;/h3-18,35-36H,1-2H3,(H,41,42,43)(H,44,45,46);;/q;2*+1/p-2/b37-27-,38-28+;;. The molecular formula is C34H24N4Na2O10S2. The van der Waals surface area contributed by atoms with Crippen molar-refractivity contribution in [3.8, 4) is 22.6 Å². The zero-order valence-electron chi connectivity index (χ0n) is 28.0. The van der Waals surface area contributed by atoms with E-state index in [1.165, 1.54) is 50.6 Å². The summed E-state index contributed by atoms with van der Waals surface area (Å²) in [5.41, 5.74) is 6.86. The van der Waals surface area contributed by atoms with Crippen molar-refractivity contribution < 1.29 is 104 Å². The van der Waals surface area contributed by atoms with Gasteiger partial charge in [0.05, 0.1) is 35.4 Å². The number of anilines is 2. The number of carbonyl (C=O) groups is 2. The maximum atomic E-state index is 13.0. The predicted octanol–water partition coefficient (Wildman–Crippen LogP) is -1.52. The average Bonchev–Trinajstić information content (AvgIpc) is 3.10. The summed E-state index contributed by atoms with van der Waals surface area (Å²) < 4.78 is 82.6. The van der Waals surface area contributed by atoms with Gasteiger partial charge in [-0.05, 0) is 47.5 Å². The molecule has 0 unspecified atom stereocenters. The Hall–Kier alpha value is -3.94. The molecule has 0 spiro atoms. The summed E-state index contributed by atoms with van der Waals surface area (Å²) in [4.78, 5) is 24.9. The van der Waals surface area contributed by atoms with Gasteiger partial charge in [-0.25, -0.2) is 16.8 Å². The first-order valence-electron chi connectivity index (χ1n) is 14.5. The van der Waals surface area contributed by atoms with Gasteiger partial charge in [-0.3, -0.25) is 20.4 Å². The summed E-state index contributed by atoms with van der Waals surface area (Å²) in [5, 5.41) is 8.16. The number of Topliss-reactive ketones (excluding diaryl/α,β-unsaturated/α-hetero) is 2. The Labute approximate surface area is 342 Å². The van der Waals surface area contributed by atoms with Gasteiger partial charge in [-0.1, -0.05) is 60.7 Å². The van der Waals surface area contributed by atoms with Gasteiger partial charge >= 0.3 is 59.1 Å². The van der Waals surface area contributed by atoms with Crippen LogP contribution in [0.1, 0.15) is 31.8 Å². The topological polar surface area (TPSA) is 216 Å². The smallest absolute Gasteiger partial charge is 0.744 e. The van der Waals surface area contributed by atoms with Crippen LogP contribution < -0.4 is 79.4 Å². The summed E-state index contributed by atoms with van der Waals surface area (Å²) in [5.74, 6) is -0.551. The minimum absolute atomic E-state index is 0. The number of fused-ring (bicyclic) bond motifs is 2. The first-order chi connectivity index (χ1) is 23.8. The molecule has 0 saturated heterocycles. The Kier molecular flexibility index (Phi) is 12.9. The molecule has 0 bridgehead atoms. The molecule has 0 aromatic heterocycles. The molecule has 0 amide bonds. The molecule has 18 heteroatoms. The van der Waals surface area contributed by atoms with E-state index in [0.29, 0.717) is 34.0 Å². The van der Waals surface area contributed by atoms with Crippen LogP contribution in [0, 0.1) is 0 Å². The summed E-state index contributed by atoms with van der Waals surface area (Å²) in [7, 11) is -7.00. The van der Waals surface area contributed by atoms with Gasteiger partial charge in [0.25, 0.3) is 0 Å². The number of allylic oxidation sites excluding steroid dienone is 2. The summed E-state index contributed by atoms with van der Waals surface area (Å²) in [6.45, 7) is 0. The summed E-state index contributed by atoms with van der Waals surface area (Å²) >= 11 is 0. The number of hydrogen-bond acceptors (Lipinski definition) is 14. The van der Waals surface area contributed by atoms with Gasteiger partial charge in [-0.15, -0.1) is 0 Å². The number of carbonyl (C=O) groups excluding carboxylic acids is 2. The SMILES string of the molecule is COc1cc(-c2ccc(N/N=C3\C=C(S(=O)(=O)[O-])c4ccccc4C3=O)c(OC)c2)ccc1N/N=C1/C=C(S(=O)(=O)[O-])c2ccccc2C1=O.[Na+].[Na+]. The number of hydrogen-bond donors (Lipinski definition) is 2. The fourth-order valence-electron chi connectivity index (χ4n) is 5.35. The molecule has 2 aliphatic rings. The predicted molar refractivity (Wildman–Crippen MR) is 184 cm³/mol. The third-order valence-electron chi connectivity index (χ3n) is 7.74. The van der Waals surface area contributed by atoms with E-state index < -0.39 is 41.6 Å². The molecule has 4 aromatic rings. The fraction of sp³-hybridized carbons (Fsp3) is 0.0588.